The molecule has 1 rings (SSSR count). The molecule has 0 aliphatic rings. The number of anilines is 1. The summed E-state index contributed by atoms with van der Waals surface area (Å²) in [6, 6.07) is 4.25. The molecule has 0 saturated carbocycles. The van der Waals surface area contributed by atoms with E-state index >= 15 is 0 Å². The SMILES string of the molecule is CC[C@@H](CO)NS(=O)(=O)c1cc(N)ccc1C. The smallest absolute Gasteiger partial charge is 0.241 e. The highest BCUT2D eigenvalue weighted by Gasteiger charge is 2.20. The Morgan fingerprint density at radius 2 is 2.12 bits per heavy atom. The van der Waals surface area contributed by atoms with Crippen LogP contribution in [-0.4, -0.2) is 26.2 Å². The third-order valence-corrected chi connectivity index (χ3v) is 4.20. The Morgan fingerprint density at radius 3 is 2.65 bits per heavy atom. The van der Waals surface area contributed by atoms with Crippen LogP contribution in [0.3, 0.4) is 0 Å². The van der Waals surface area contributed by atoms with Gasteiger partial charge >= 0.3 is 0 Å². The van der Waals surface area contributed by atoms with E-state index in [1.807, 2.05) is 0 Å². The molecule has 0 fully saturated rings. The van der Waals surface area contributed by atoms with Crippen molar-refractivity contribution in [1.29, 1.82) is 0 Å². The van der Waals surface area contributed by atoms with Crippen molar-refractivity contribution >= 4 is 15.7 Å². The van der Waals surface area contributed by atoms with Crippen molar-refractivity contribution in [1.82, 2.24) is 4.72 Å². The number of nitrogens with one attached hydrogen (secondary N) is 1. The quantitative estimate of drug-likeness (QED) is 0.675. The molecule has 0 heterocycles. The number of rotatable bonds is 5. The van der Waals surface area contributed by atoms with Crippen LogP contribution in [0.4, 0.5) is 5.69 Å². The lowest BCUT2D eigenvalue weighted by molar-refractivity contribution is 0.254. The fraction of sp³-hybridized carbons (Fsp3) is 0.455. The first-order valence-corrected chi connectivity index (χ1v) is 6.88. The van der Waals surface area contributed by atoms with Crippen molar-refractivity contribution in [3.05, 3.63) is 23.8 Å². The van der Waals surface area contributed by atoms with Gasteiger partial charge in [0, 0.05) is 11.7 Å². The summed E-state index contributed by atoms with van der Waals surface area (Å²) in [5, 5.41) is 9.01. The van der Waals surface area contributed by atoms with Crippen molar-refractivity contribution < 1.29 is 13.5 Å². The lowest BCUT2D eigenvalue weighted by Crippen LogP contribution is -2.37. The summed E-state index contributed by atoms with van der Waals surface area (Å²) in [6.07, 6.45) is 0.525. The van der Waals surface area contributed by atoms with Crippen molar-refractivity contribution in [2.24, 2.45) is 0 Å². The molecule has 1 aromatic carbocycles. The molecule has 0 saturated heterocycles. The molecular formula is C11H18N2O3S. The van der Waals surface area contributed by atoms with Crippen LogP contribution in [0.15, 0.2) is 23.1 Å². The van der Waals surface area contributed by atoms with E-state index in [0.29, 0.717) is 17.7 Å². The maximum Gasteiger partial charge on any atom is 0.241 e. The highest BCUT2D eigenvalue weighted by molar-refractivity contribution is 7.89. The Balaban J connectivity index is 3.09. The zero-order valence-corrected chi connectivity index (χ0v) is 10.8. The Kier molecular flexibility index (Phi) is 4.50. The summed E-state index contributed by atoms with van der Waals surface area (Å²) in [7, 11) is -3.63. The maximum atomic E-state index is 12.1. The van der Waals surface area contributed by atoms with Gasteiger partial charge in [0.05, 0.1) is 11.5 Å². The second-order valence-corrected chi connectivity index (χ2v) is 5.62. The number of hydrogen-bond donors (Lipinski definition) is 3. The normalized spacial score (nSPS) is 13.6. The van der Waals surface area contributed by atoms with Gasteiger partial charge in [-0.3, -0.25) is 0 Å². The molecule has 0 aliphatic heterocycles. The summed E-state index contributed by atoms with van der Waals surface area (Å²) < 4.78 is 26.6. The van der Waals surface area contributed by atoms with Crippen molar-refractivity contribution in [3.63, 3.8) is 0 Å². The molecular weight excluding hydrogens is 240 g/mol. The molecule has 0 spiro atoms. The molecule has 5 nitrogen and oxygen atoms in total. The number of benzene rings is 1. The summed E-state index contributed by atoms with van der Waals surface area (Å²) in [5.41, 5.74) is 6.60. The number of aliphatic hydroxyl groups excluding tert-OH is 1. The van der Waals surface area contributed by atoms with Crippen LogP contribution in [0.2, 0.25) is 0 Å². The van der Waals surface area contributed by atoms with Crippen LogP contribution in [0, 0.1) is 6.92 Å². The average molecular weight is 258 g/mol. The van der Waals surface area contributed by atoms with Gasteiger partial charge in [0.15, 0.2) is 0 Å². The first-order chi connectivity index (χ1) is 7.90. The number of hydrogen-bond acceptors (Lipinski definition) is 4. The number of aliphatic hydroxyl groups is 1. The number of sulfonamides is 1. The van der Waals surface area contributed by atoms with Crippen LogP contribution in [-0.2, 0) is 10.0 Å². The van der Waals surface area contributed by atoms with E-state index in [-0.39, 0.29) is 11.5 Å². The number of nitrogen functional groups attached to an aromatic ring is 1. The monoisotopic (exact) mass is 258 g/mol. The predicted molar refractivity (Wildman–Crippen MR) is 67.1 cm³/mol. The Morgan fingerprint density at radius 1 is 1.47 bits per heavy atom. The molecule has 0 amide bonds. The van der Waals surface area contributed by atoms with Crippen LogP contribution in [0.5, 0.6) is 0 Å². The van der Waals surface area contributed by atoms with E-state index in [9.17, 15) is 8.42 Å². The minimum atomic E-state index is -3.63. The van der Waals surface area contributed by atoms with Crippen LogP contribution in [0.1, 0.15) is 18.9 Å². The molecule has 6 heteroatoms. The van der Waals surface area contributed by atoms with E-state index in [1.165, 1.54) is 6.07 Å². The molecule has 0 bridgehead atoms. The summed E-state index contributed by atoms with van der Waals surface area (Å²) in [4.78, 5) is 0.157. The van der Waals surface area contributed by atoms with Crippen LogP contribution in [0.25, 0.3) is 0 Å². The van der Waals surface area contributed by atoms with E-state index in [2.05, 4.69) is 4.72 Å². The van der Waals surface area contributed by atoms with E-state index < -0.39 is 16.1 Å². The predicted octanol–water partition coefficient (Wildman–Crippen LogP) is 0.626. The lowest BCUT2D eigenvalue weighted by Gasteiger charge is -2.15. The minimum Gasteiger partial charge on any atom is -0.399 e. The van der Waals surface area contributed by atoms with Gasteiger partial charge in [-0.1, -0.05) is 13.0 Å². The first kappa shape index (κ1) is 14.0. The number of nitrogens with two attached hydrogens (primary N) is 1. The van der Waals surface area contributed by atoms with Gasteiger partial charge in [-0.2, -0.15) is 0 Å². The molecule has 17 heavy (non-hydrogen) atoms. The van der Waals surface area contributed by atoms with Gasteiger partial charge in [0.25, 0.3) is 0 Å². The third-order valence-electron chi connectivity index (χ3n) is 2.54. The first-order valence-electron chi connectivity index (χ1n) is 5.40. The average Bonchev–Trinajstić information content (AvgIpc) is 2.29. The topological polar surface area (TPSA) is 92.4 Å². The van der Waals surface area contributed by atoms with Gasteiger partial charge in [0.2, 0.25) is 10.0 Å². The van der Waals surface area contributed by atoms with Gasteiger partial charge in [-0.25, -0.2) is 13.1 Å². The van der Waals surface area contributed by atoms with E-state index in [0.717, 1.165) is 0 Å². The fourth-order valence-corrected chi connectivity index (χ4v) is 3.03. The molecule has 96 valence electrons. The minimum absolute atomic E-state index is 0.157. The standard InChI is InChI=1S/C11H18N2O3S/c1-3-10(7-14)13-17(15,16)11-6-9(12)5-4-8(11)2/h4-6,10,13-14H,3,7,12H2,1-2H3/t10-/m0/s1. The summed E-state index contributed by atoms with van der Waals surface area (Å²) >= 11 is 0. The molecule has 4 N–H and O–H groups in total. The number of aryl methyl sites for hydroxylation is 1. The van der Waals surface area contributed by atoms with Gasteiger partial charge in [-0.15, -0.1) is 0 Å². The molecule has 0 aliphatic carbocycles. The highest BCUT2D eigenvalue weighted by atomic mass is 32.2. The zero-order chi connectivity index (χ0) is 13.1. The third kappa shape index (κ3) is 3.42. The largest absolute Gasteiger partial charge is 0.399 e. The Bertz CT molecular complexity index is 481. The molecule has 0 aromatic heterocycles. The van der Waals surface area contributed by atoms with Gasteiger partial charge in [-0.05, 0) is 31.0 Å². The second kappa shape index (κ2) is 5.48. The summed E-state index contributed by atoms with van der Waals surface area (Å²) in [5.74, 6) is 0. The van der Waals surface area contributed by atoms with Gasteiger partial charge < -0.3 is 10.8 Å². The Hall–Kier alpha value is -1.11. The van der Waals surface area contributed by atoms with Crippen LogP contribution >= 0.6 is 0 Å². The maximum absolute atomic E-state index is 12.1. The van der Waals surface area contributed by atoms with E-state index in [1.54, 1.807) is 26.0 Å². The zero-order valence-electron chi connectivity index (χ0n) is 9.97. The second-order valence-electron chi connectivity index (χ2n) is 3.93. The fourth-order valence-electron chi connectivity index (χ4n) is 1.44. The van der Waals surface area contributed by atoms with Gasteiger partial charge in [0.1, 0.15) is 0 Å². The molecule has 1 aromatic rings. The van der Waals surface area contributed by atoms with Crippen molar-refractivity contribution in [2.75, 3.05) is 12.3 Å². The van der Waals surface area contributed by atoms with E-state index in [4.69, 9.17) is 10.8 Å². The van der Waals surface area contributed by atoms with Crippen molar-refractivity contribution in [3.8, 4) is 0 Å². The lowest BCUT2D eigenvalue weighted by atomic mass is 10.2. The molecule has 1 atom stereocenters. The molecule has 0 unspecified atom stereocenters. The van der Waals surface area contributed by atoms with Crippen molar-refractivity contribution in [2.45, 2.75) is 31.2 Å². The Labute approximate surface area is 102 Å². The molecule has 0 radical (unpaired) electrons. The summed E-state index contributed by atoms with van der Waals surface area (Å²) in [6.45, 7) is 3.28. The van der Waals surface area contributed by atoms with Crippen LogP contribution < -0.4 is 10.5 Å². The highest BCUT2D eigenvalue weighted by Crippen LogP contribution is 2.18.